The van der Waals surface area contributed by atoms with Gasteiger partial charge in [-0.25, -0.2) is 13.2 Å². The van der Waals surface area contributed by atoms with Gasteiger partial charge in [0.25, 0.3) is 0 Å². The lowest BCUT2D eigenvalue weighted by Crippen LogP contribution is -2.31. The van der Waals surface area contributed by atoms with E-state index in [9.17, 15) is 13.2 Å². The van der Waals surface area contributed by atoms with Gasteiger partial charge in [-0.15, -0.1) is 0 Å². The van der Waals surface area contributed by atoms with E-state index in [1.54, 1.807) is 29.2 Å². The van der Waals surface area contributed by atoms with Gasteiger partial charge in [-0.05, 0) is 42.4 Å². The monoisotopic (exact) mass is 385 g/mol. The first-order valence-electron chi connectivity index (χ1n) is 9.28. The Bertz CT molecular complexity index is 884. The van der Waals surface area contributed by atoms with Gasteiger partial charge < -0.3 is 9.64 Å². The van der Waals surface area contributed by atoms with Gasteiger partial charge in [-0.2, -0.15) is 0 Å². The molecule has 5 nitrogen and oxygen atoms in total. The van der Waals surface area contributed by atoms with Crippen molar-refractivity contribution in [3.05, 3.63) is 66.2 Å². The van der Waals surface area contributed by atoms with Crippen LogP contribution >= 0.6 is 0 Å². The maximum absolute atomic E-state index is 12.8. The van der Waals surface area contributed by atoms with Gasteiger partial charge in [0.2, 0.25) is 0 Å². The molecule has 2 aliphatic rings. The molecule has 0 bridgehead atoms. The summed E-state index contributed by atoms with van der Waals surface area (Å²) in [6.07, 6.45) is 0.921. The zero-order valence-electron chi connectivity index (χ0n) is 15.0. The standard InChI is InChI=1S/C21H23NO4S/c23-21(26-15-16-7-3-1-4-8-16)22-13-17-11-20(12-18(17)14-22)27(24,25)19-9-5-2-6-10-19/h1-10,17-18,20H,11-15H2/t17-,18+,20?. The average Bonchev–Trinajstić information content (AvgIpc) is 3.27. The SMILES string of the molecule is O=C(OCc1ccccc1)N1C[C@H]2CC(S(=O)(=O)c3ccccc3)C[C@H]2C1. The minimum Gasteiger partial charge on any atom is -0.445 e. The van der Waals surface area contributed by atoms with Crippen LogP contribution in [0.25, 0.3) is 0 Å². The molecular weight excluding hydrogens is 362 g/mol. The minimum atomic E-state index is -3.30. The minimum absolute atomic E-state index is 0.234. The highest BCUT2D eigenvalue weighted by atomic mass is 32.2. The van der Waals surface area contributed by atoms with Crippen molar-refractivity contribution in [1.29, 1.82) is 0 Å². The molecule has 1 saturated carbocycles. The fraction of sp³-hybridized carbons (Fsp3) is 0.381. The van der Waals surface area contributed by atoms with E-state index in [2.05, 4.69) is 0 Å². The van der Waals surface area contributed by atoms with Crippen LogP contribution in [0.4, 0.5) is 4.79 Å². The fourth-order valence-electron chi connectivity index (χ4n) is 4.26. The van der Waals surface area contributed by atoms with Gasteiger partial charge in [0.1, 0.15) is 6.61 Å². The van der Waals surface area contributed by atoms with Crippen molar-refractivity contribution in [2.75, 3.05) is 13.1 Å². The second kappa shape index (κ2) is 7.35. The van der Waals surface area contributed by atoms with E-state index < -0.39 is 9.84 Å². The van der Waals surface area contributed by atoms with Crippen LogP contribution in [0.3, 0.4) is 0 Å². The molecule has 0 N–H and O–H groups in total. The lowest BCUT2D eigenvalue weighted by molar-refractivity contribution is 0.102. The number of carbonyl (C=O) groups is 1. The number of hydrogen-bond acceptors (Lipinski definition) is 4. The van der Waals surface area contributed by atoms with Crippen molar-refractivity contribution in [1.82, 2.24) is 4.90 Å². The smallest absolute Gasteiger partial charge is 0.410 e. The van der Waals surface area contributed by atoms with Gasteiger partial charge in [-0.1, -0.05) is 48.5 Å². The van der Waals surface area contributed by atoms with Crippen molar-refractivity contribution in [3.8, 4) is 0 Å². The summed E-state index contributed by atoms with van der Waals surface area (Å²) in [4.78, 5) is 14.5. The molecule has 1 aliphatic carbocycles. The Morgan fingerprint density at radius 3 is 2.07 bits per heavy atom. The van der Waals surface area contributed by atoms with Crippen LogP contribution in [-0.2, 0) is 21.2 Å². The maximum atomic E-state index is 12.8. The number of likely N-dealkylation sites (tertiary alicyclic amines) is 1. The maximum Gasteiger partial charge on any atom is 0.410 e. The summed E-state index contributed by atoms with van der Waals surface area (Å²) in [6.45, 7) is 1.43. The van der Waals surface area contributed by atoms with Crippen LogP contribution in [0.15, 0.2) is 65.6 Å². The molecule has 2 aromatic rings. The largest absolute Gasteiger partial charge is 0.445 e. The topological polar surface area (TPSA) is 63.7 Å². The number of rotatable bonds is 4. The number of fused-ring (bicyclic) bond motifs is 1. The van der Waals surface area contributed by atoms with Crippen molar-refractivity contribution >= 4 is 15.9 Å². The zero-order chi connectivity index (χ0) is 18.9. The lowest BCUT2D eigenvalue weighted by atomic mass is 10.0. The average molecular weight is 385 g/mol. The normalized spacial score (nSPS) is 24.6. The third kappa shape index (κ3) is 3.72. The highest BCUT2D eigenvalue weighted by molar-refractivity contribution is 7.92. The molecule has 1 unspecified atom stereocenters. The van der Waals surface area contributed by atoms with Crippen molar-refractivity contribution in [3.63, 3.8) is 0 Å². The molecule has 6 heteroatoms. The molecule has 1 saturated heterocycles. The summed E-state index contributed by atoms with van der Waals surface area (Å²) in [6, 6.07) is 18.3. The van der Waals surface area contributed by atoms with Crippen molar-refractivity contribution in [2.24, 2.45) is 11.8 Å². The Labute approximate surface area is 159 Å². The first-order valence-corrected chi connectivity index (χ1v) is 10.8. The van der Waals surface area contributed by atoms with Crippen LogP contribution in [0.5, 0.6) is 0 Å². The van der Waals surface area contributed by atoms with Gasteiger partial charge in [0.05, 0.1) is 10.1 Å². The predicted molar refractivity (Wildman–Crippen MR) is 102 cm³/mol. The number of sulfone groups is 1. The first-order chi connectivity index (χ1) is 13.0. The molecule has 2 aromatic carbocycles. The molecule has 0 radical (unpaired) electrons. The van der Waals surface area contributed by atoms with Gasteiger partial charge >= 0.3 is 6.09 Å². The van der Waals surface area contributed by atoms with Crippen LogP contribution in [-0.4, -0.2) is 37.8 Å². The van der Waals surface area contributed by atoms with Crippen LogP contribution in [0.1, 0.15) is 18.4 Å². The Morgan fingerprint density at radius 1 is 0.926 bits per heavy atom. The predicted octanol–water partition coefficient (Wildman–Crippen LogP) is 3.51. The van der Waals surface area contributed by atoms with Crippen molar-refractivity contribution < 1.29 is 17.9 Å². The third-order valence-electron chi connectivity index (χ3n) is 5.68. The summed E-state index contributed by atoms with van der Waals surface area (Å²) in [5.74, 6) is 0.468. The Kier molecular flexibility index (Phi) is 4.91. The number of carbonyl (C=O) groups excluding carboxylic acids is 1. The van der Waals surface area contributed by atoms with E-state index in [1.165, 1.54) is 0 Å². The van der Waals surface area contributed by atoms with Crippen LogP contribution in [0.2, 0.25) is 0 Å². The summed E-state index contributed by atoms with van der Waals surface area (Å²) in [5, 5.41) is -0.350. The van der Waals surface area contributed by atoms with E-state index in [0.717, 1.165) is 5.56 Å². The van der Waals surface area contributed by atoms with Gasteiger partial charge in [-0.3, -0.25) is 0 Å². The number of amides is 1. The lowest BCUT2D eigenvalue weighted by Gasteiger charge is -2.19. The number of ether oxygens (including phenoxy) is 1. The summed E-state index contributed by atoms with van der Waals surface area (Å²) < 4.78 is 31.1. The summed E-state index contributed by atoms with van der Waals surface area (Å²) >= 11 is 0. The second-order valence-corrected chi connectivity index (χ2v) is 9.64. The van der Waals surface area contributed by atoms with Gasteiger partial charge in [0, 0.05) is 13.1 Å². The Hall–Kier alpha value is -2.34. The second-order valence-electron chi connectivity index (χ2n) is 7.42. The van der Waals surface area contributed by atoms with E-state index in [0.29, 0.717) is 30.8 Å². The highest BCUT2D eigenvalue weighted by Crippen LogP contribution is 2.42. The van der Waals surface area contributed by atoms with Crippen LogP contribution in [0, 0.1) is 11.8 Å². The van der Waals surface area contributed by atoms with Crippen molar-refractivity contribution in [2.45, 2.75) is 29.6 Å². The Balaban J connectivity index is 1.34. The summed E-state index contributed by atoms with van der Waals surface area (Å²) in [7, 11) is -3.30. The molecule has 3 atom stereocenters. The number of benzene rings is 2. The first kappa shape index (κ1) is 18.0. The molecule has 1 heterocycles. The Morgan fingerprint density at radius 2 is 1.48 bits per heavy atom. The quantitative estimate of drug-likeness (QED) is 0.808. The molecule has 27 heavy (non-hydrogen) atoms. The number of hydrogen-bond donors (Lipinski definition) is 0. The molecular formula is C21H23NO4S. The molecule has 0 aromatic heterocycles. The third-order valence-corrected chi connectivity index (χ3v) is 7.87. The molecule has 1 amide bonds. The molecule has 1 aliphatic heterocycles. The van der Waals surface area contributed by atoms with E-state index in [4.69, 9.17) is 4.74 Å². The van der Waals surface area contributed by atoms with Gasteiger partial charge in [0.15, 0.2) is 9.84 Å². The molecule has 2 fully saturated rings. The van der Waals surface area contributed by atoms with Crippen LogP contribution < -0.4 is 0 Å². The fourth-order valence-corrected chi connectivity index (χ4v) is 6.18. The molecule has 4 rings (SSSR count). The zero-order valence-corrected chi connectivity index (χ0v) is 15.8. The van der Waals surface area contributed by atoms with E-state index in [-0.39, 0.29) is 29.8 Å². The number of nitrogens with zero attached hydrogens (tertiary/aromatic N) is 1. The summed E-state index contributed by atoms with van der Waals surface area (Å²) in [5.41, 5.74) is 0.958. The molecule has 0 spiro atoms. The van der Waals surface area contributed by atoms with E-state index >= 15 is 0 Å². The van der Waals surface area contributed by atoms with E-state index in [1.807, 2.05) is 36.4 Å². The highest BCUT2D eigenvalue weighted by Gasteiger charge is 2.47. The molecule has 142 valence electrons.